The molecule has 0 spiro atoms. The third-order valence-electron chi connectivity index (χ3n) is 2.42. The SMILES string of the molecule is CNC(=O)OCC(C)(C)OC(=O)N[C@@H](CC(C)C)C(=O)O. The van der Waals surface area contributed by atoms with Crippen LogP contribution < -0.4 is 10.6 Å². The van der Waals surface area contributed by atoms with Crippen molar-refractivity contribution in [2.75, 3.05) is 13.7 Å². The molecule has 0 aliphatic rings. The largest absolute Gasteiger partial charge is 0.480 e. The van der Waals surface area contributed by atoms with Gasteiger partial charge in [-0.05, 0) is 26.2 Å². The van der Waals surface area contributed by atoms with Gasteiger partial charge in [-0.2, -0.15) is 0 Å². The molecule has 0 saturated heterocycles. The van der Waals surface area contributed by atoms with E-state index in [1.54, 1.807) is 13.8 Å². The van der Waals surface area contributed by atoms with Crippen molar-refractivity contribution in [1.29, 1.82) is 0 Å². The lowest BCUT2D eigenvalue weighted by Gasteiger charge is -2.26. The highest BCUT2D eigenvalue weighted by molar-refractivity contribution is 5.80. The standard InChI is InChI=1S/C13H24N2O6/c1-8(2)6-9(10(16)17)15-12(19)21-13(3,4)7-20-11(18)14-5/h8-9H,6-7H2,1-5H3,(H,14,18)(H,15,19)(H,16,17)/t9-/m0/s1. The number of rotatable bonds is 7. The van der Waals surface area contributed by atoms with Gasteiger partial charge in [0.2, 0.25) is 0 Å². The summed E-state index contributed by atoms with van der Waals surface area (Å²) >= 11 is 0. The number of carboxylic acids is 1. The molecule has 0 heterocycles. The zero-order valence-corrected chi connectivity index (χ0v) is 13.1. The monoisotopic (exact) mass is 304 g/mol. The Morgan fingerprint density at radius 2 is 1.76 bits per heavy atom. The number of aliphatic carboxylic acids is 1. The van der Waals surface area contributed by atoms with Gasteiger partial charge < -0.3 is 25.2 Å². The molecule has 0 aliphatic carbocycles. The normalized spacial score (nSPS) is 12.5. The zero-order chi connectivity index (χ0) is 16.6. The third kappa shape index (κ3) is 8.72. The molecule has 3 N–H and O–H groups in total. The minimum Gasteiger partial charge on any atom is -0.480 e. The molecule has 0 rings (SSSR count). The van der Waals surface area contributed by atoms with Gasteiger partial charge >= 0.3 is 18.2 Å². The van der Waals surface area contributed by atoms with E-state index >= 15 is 0 Å². The highest BCUT2D eigenvalue weighted by atomic mass is 16.6. The summed E-state index contributed by atoms with van der Waals surface area (Å²) in [5.74, 6) is -1.02. The van der Waals surface area contributed by atoms with Gasteiger partial charge in [0, 0.05) is 7.05 Å². The van der Waals surface area contributed by atoms with Crippen LogP contribution in [0.3, 0.4) is 0 Å². The van der Waals surface area contributed by atoms with Crippen molar-refractivity contribution in [3.63, 3.8) is 0 Å². The Bertz CT molecular complexity index is 381. The van der Waals surface area contributed by atoms with Gasteiger partial charge in [-0.25, -0.2) is 14.4 Å². The summed E-state index contributed by atoms with van der Waals surface area (Å²) in [5, 5.41) is 13.6. The summed E-state index contributed by atoms with van der Waals surface area (Å²) in [4.78, 5) is 33.7. The Kier molecular flexibility index (Phi) is 7.54. The van der Waals surface area contributed by atoms with E-state index in [0.717, 1.165) is 0 Å². The Morgan fingerprint density at radius 1 is 1.19 bits per heavy atom. The molecule has 0 unspecified atom stereocenters. The quantitative estimate of drug-likeness (QED) is 0.654. The Morgan fingerprint density at radius 3 is 2.19 bits per heavy atom. The van der Waals surface area contributed by atoms with Gasteiger partial charge in [0.1, 0.15) is 18.2 Å². The second kappa shape index (κ2) is 8.33. The average Bonchev–Trinajstić information content (AvgIpc) is 2.33. The summed E-state index contributed by atoms with van der Waals surface area (Å²) in [6.07, 6.45) is -1.22. The summed E-state index contributed by atoms with van der Waals surface area (Å²) in [6, 6.07) is -1.02. The van der Waals surface area contributed by atoms with Gasteiger partial charge in [-0.3, -0.25) is 0 Å². The van der Waals surface area contributed by atoms with Gasteiger partial charge in [0.25, 0.3) is 0 Å². The molecule has 0 aromatic rings. The molecule has 2 amide bonds. The van der Waals surface area contributed by atoms with E-state index in [4.69, 9.17) is 14.6 Å². The molecule has 0 aliphatic heterocycles. The van der Waals surface area contributed by atoms with Crippen molar-refractivity contribution < 1.29 is 29.0 Å². The number of carboxylic acid groups (broad SMARTS) is 1. The number of hydrogen-bond acceptors (Lipinski definition) is 5. The van der Waals surface area contributed by atoms with Gasteiger partial charge in [-0.1, -0.05) is 13.8 Å². The van der Waals surface area contributed by atoms with Crippen LogP contribution in [0.4, 0.5) is 9.59 Å². The van der Waals surface area contributed by atoms with E-state index in [9.17, 15) is 14.4 Å². The third-order valence-corrected chi connectivity index (χ3v) is 2.42. The van der Waals surface area contributed by atoms with Crippen molar-refractivity contribution >= 4 is 18.2 Å². The number of hydrogen-bond donors (Lipinski definition) is 3. The Hall–Kier alpha value is -1.99. The maximum atomic E-state index is 11.7. The second-order valence-electron chi connectivity index (χ2n) is 5.64. The Labute approximate surface area is 124 Å². The topological polar surface area (TPSA) is 114 Å². The first-order valence-electron chi connectivity index (χ1n) is 6.64. The maximum Gasteiger partial charge on any atom is 0.408 e. The van der Waals surface area contributed by atoms with E-state index in [2.05, 4.69) is 10.6 Å². The highest BCUT2D eigenvalue weighted by Gasteiger charge is 2.28. The lowest BCUT2D eigenvalue weighted by molar-refractivity contribution is -0.140. The summed E-state index contributed by atoms with van der Waals surface area (Å²) < 4.78 is 9.88. The molecular formula is C13H24N2O6. The molecule has 8 heteroatoms. The first-order chi connectivity index (χ1) is 9.57. The fourth-order valence-corrected chi connectivity index (χ4v) is 1.46. The lowest BCUT2D eigenvalue weighted by Crippen LogP contribution is -2.46. The average molecular weight is 304 g/mol. The number of carbonyl (C=O) groups excluding carboxylic acids is 2. The molecule has 122 valence electrons. The van der Waals surface area contributed by atoms with Gasteiger partial charge in [-0.15, -0.1) is 0 Å². The molecule has 0 bridgehead atoms. The number of ether oxygens (including phenoxy) is 2. The number of alkyl carbamates (subject to hydrolysis) is 2. The Balaban J connectivity index is 4.44. The second-order valence-corrected chi connectivity index (χ2v) is 5.64. The van der Waals surface area contributed by atoms with Crippen molar-refractivity contribution in [3.05, 3.63) is 0 Å². The summed E-state index contributed by atoms with van der Waals surface area (Å²) in [6.45, 7) is 6.65. The molecule has 0 saturated carbocycles. The van der Waals surface area contributed by atoms with Crippen LogP contribution in [0.2, 0.25) is 0 Å². The molecule has 0 aromatic heterocycles. The molecule has 0 aromatic carbocycles. The number of nitrogens with one attached hydrogen (secondary N) is 2. The van der Waals surface area contributed by atoms with Crippen LogP contribution in [0.5, 0.6) is 0 Å². The first-order valence-corrected chi connectivity index (χ1v) is 6.64. The van der Waals surface area contributed by atoms with E-state index < -0.39 is 29.8 Å². The predicted molar refractivity (Wildman–Crippen MR) is 75.0 cm³/mol. The van der Waals surface area contributed by atoms with E-state index in [1.807, 2.05) is 13.8 Å². The van der Waals surface area contributed by atoms with Crippen molar-refractivity contribution in [2.24, 2.45) is 5.92 Å². The van der Waals surface area contributed by atoms with Crippen molar-refractivity contribution in [3.8, 4) is 0 Å². The van der Waals surface area contributed by atoms with Crippen molar-refractivity contribution in [2.45, 2.75) is 45.8 Å². The predicted octanol–water partition coefficient (Wildman–Crippen LogP) is 1.35. The van der Waals surface area contributed by atoms with Crippen LogP contribution in [0.15, 0.2) is 0 Å². The van der Waals surface area contributed by atoms with Crippen LogP contribution >= 0.6 is 0 Å². The molecule has 21 heavy (non-hydrogen) atoms. The van der Waals surface area contributed by atoms with Crippen molar-refractivity contribution in [1.82, 2.24) is 10.6 Å². The summed E-state index contributed by atoms with van der Waals surface area (Å²) in [5.41, 5.74) is -1.07. The van der Waals surface area contributed by atoms with E-state index in [-0.39, 0.29) is 12.5 Å². The molecular weight excluding hydrogens is 280 g/mol. The van der Waals surface area contributed by atoms with Gasteiger partial charge in [0.15, 0.2) is 0 Å². The van der Waals surface area contributed by atoms with E-state index in [0.29, 0.717) is 6.42 Å². The molecule has 0 radical (unpaired) electrons. The van der Waals surface area contributed by atoms with Gasteiger partial charge in [0.05, 0.1) is 0 Å². The van der Waals surface area contributed by atoms with Crippen LogP contribution in [0.1, 0.15) is 34.1 Å². The highest BCUT2D eigenvalue weighted by Crippen LogP contribution is 2.11. The lowest BCUT2D eigenvalue weighted by atomic mass is 10.0. The summed E-state index contributed by atoms with van der Waals surface area (Å²) in [7, 11) is 1.41. The zero-order valence-electron chi connectivity index (χ0n) is 13.1. The number of amides is 2. The molecule has 0 fully saturated rings. The molecule has 8 nitrogen and oxygen atoms in total. The number of carbonyl (C=O) groups is 3. The smallest absolute Gasteiger partial charge is 0.408 e. The van der Waals surface area contributed by atoms with Crippen LogP contribution in [-0.4, -0.2) is 48.6 Å². The minimum atomic E-state index is -1.12. The maximum absolute atomic E-state index is 11.7. The minimum absolute atomic E-state index is 0.107. The molecule has 1 atom stereocenters. The first kappa shape index (κ1) is 19.0. The van der Waals surface area contributed by atoms with Crippen LogP contribution in [0.25, 0.3) is 0 Å². The van der Waals surface area contributed by atoms with Crippen LogP contribution in [0, 0.1) is 5.92 Å². The fourth-order valence-electron chi connectivity index (χ4n) is 1.46. The van der Waals surface area contributed by atoms with Crippen LogP contribution in [-0.2, 0) is 14.3 Å². The fraction of sp³-hybridized carbons (Fsp3) is 0.769. The van der Waals surface area contributed by atoms with E-state index in [1.165, 1.54) is 7.05 Å².